The quantitative estimate of drug-likeness (QED) is 0.853. The summed E-state index contributed by atoms with van der Waals surface area (Å²) in [5.74, 6) is 0.0623. The zero-order chi connectivity index (χ0) is 13.7. The van der Waals surface area contributed by atoms with Crippen LogP contribution in [0.3, 0.4) is 0 Å². The van der Waals surface area contributed by atoms with Crippen LogP contribution in [0.25, 0.3) is 0 Å². The minimum atomic E-state index is 0.0623. The Morgan fingerprint density at radius 2 is 2.00 bits per heavy atom. The minimum Gasteiger partial charge on any atom is -0.355 e. The van der Waals surface area contributed by atoms with Gasteiger partial charge in [0.05, 0.1) is 6.54 Å². The zero-order valence-electron chi connectivity index (χ0n) is 12.0. The molecule has 1 amide bonds. The Morgan fingerprint density at radius 1 is 1.26 bits per heavy atom. The van der Waals surface area contributed by atoms with Crippen molar-refractivity contribution in [2.75, 3.05) is 13.1 Å². The van der Waals surface area contributed by atoms with Crippen LogP contribution in [0.1, 0.15) is 49.4 Å². The lowest BCUT2D eigenvalue weighted by molar-refractivity contribution is -0.120. The summed E-state index contributed by atoms with van der Waals surface area (Å²) in [7, 11) is 0. The van der Waals surface area contributed by atoms with E-state index in [-0.39, 0.29) is 11.9 Å². The number of nitrogens with one attached hydrogen (secondary N) is 2. The lowest BCUT2D eigenvalue weighted by Gasteiger charge is -2.20. The predicted molar refractivity (Wildman–Crippen MR) is 78.2 cm³/mol. The predicted octanol–water partition coefficient (Wildman–Crippen LogP) is 2.35. The average Bonchev–Trinajstić information content (AvgIpc) is 2.44. The molecule has 0 radical (unpaired) electrons. The zero-order valence-corrected chi connectivity index (χ0v) is 12.0. The molecule has 19 heavy (non-hydrogen) atoms. The SMILES string of the molecule is CCNC(=O)CNC(C)c1ccc2c(c1)CCCC2. The van der Waals surface area contributed by atoms with E-state index in [4.69, 9.17) is 0 Å². The molecule has 1 unspecified atom stereocenters. The molecule has 1 aliphatic carbocycles. The van der Waals surface area contributed by atoms with Gasteiger partial charge in [-0.05, 0) is 56.2 Å². The van der Waals surface area contributed by atoms with Gasteiger partial charge in [-0.15, -0.1) is 0 Å². The molecule has 3 heteroatoms. The number of carbonyl (C=O) groups is 1. The number of likely N-dealkylation sites (N-methyl/N-ethyl adjacent to an activating group) is 1. The van der Waals surface area contributed by atoms with Gasteiger partial charge in [-0.3, -0.25) is 4.79 Å². The van der Waals surface area contributed by atoms with E-state index in [1.165, 1.54) is 42.4 Å². The number of fused-ring (bicyclic) bond motifs is 1. The smallest absolute Gasteiger partial charge is 0.233 e. The number of benzene rings is 1. The maximum Gasteiger partial charge on any atom is 0.233 e. The summed E-state index contributed by atoms with van der Waals surface area (Å²) in [6.45, 7) is 5.12. The van der Waals surface area contributed by atoms with Crippen LogP contribution in [0.15, 0.2) is 18.2 Å². The van der Waals surface area contributed by atoms with E-state index in [2.05, 4.69) is 35.8 Å². The van der Waals surface area contributed by atoms with Crippen LogP contribution in [-0.4, -0.2) is 19.0 Å². The van der Waals surface area contributed by atoms with Gasteiger partial charge in [-0.2, -0.15) is 0 Å². The highest BCUT2D eigenvalue weighted by Crippen LogP contribution is 2.24. The molecule has 1 aliphatic rings. The van der Waals surface area contributed by atoms with E-state index in [1.54, 1.807) is 0 Å². The van der Waals surface area contributed by atoms with Crippen molar-refractivity contribution in [3.8, 4) is 0 Å². The number of rotatable bonds is 5. The molecule has 104 valence electrons. The molecule has 0 aromatic heterocycles. The van der Waals surface area contributed by atoms with Gasteiger partial charge in [0.2, 0.25) is 5.91 Å². The van der Waals surface area contributed by atoms with E-state index >= 15 is 0 Å². The Bertz CT molecular complexity index is 442. The summed E-state index contributed by atoms with van der Waals surface area (Å²) in [6.07, 6.45) is 5.04. The lowest BCUT2D eigenvalue weighted by Crippen LogP contribution is -2.34. The molecule has 1 aromatic rings. The monoisotopic (exact) mass is 260 g/mol. The van der Waals surface area contributed by atoms with Crippen LogP contribution in [0.4, 0.5) is 0 Å². The van der Waals surface area contributed by atoms with Gasteiger partial charge in [-0.25, -0.2) is 0 Å². The number of carbonyl (C=O) groups excluding carboxylic acids is 1. The van der Waals surface area contributed by atoms with Crippen molar-refractivity contribution in [1.82, 2.24) is 10.6 Å². The first-order chi connectivity index (χ1) is 9.20. The first-order valence-corrected chi connectivity index (χ1v) is 7.32. The van der Waals surface area contributed by atoms with Gasteiger partial charge in [0.15, 0.2) is 0 Å². The van der Waals surface area contributed by atoms with Gasteiger partial charge in [0.1, 0.15) is 0 Å². The Balaban J connectivity index is 1.95. The molecule has 0 bridgehead atoms. The van der Waals surface area contributed by atoms with Crippen molar-refractivity contribution >= 4 is 5.91 Å². The summed E-state index contributed by atoms with van der Waals surface area (Å²) in [6, 6.07) is 6.98. The van der Waals surface area contributed by atoms with E-state index in [0.29, 0.717) is 13.1 Å². The van der Waals surface area contributed by atoms with E-state index < -0.39 is 0 Å². The molecular weight excluding hydrogens is 236 g/mol. The van der Waals surface area contributed by atoms with Gasteiger partial charge in [0, 0.05) is 12.6 Å². The molecular formula is C16H24N2O. The minimum absolute atomic E-state index is 0.0623. The Kier molecular flexibility index (Phi) is 4.97. The van der Waals surface area contributed by atoms with Crippen LogP contribution in [0, 0.1) is 0 Å². The first kappa shape index (κ1) is 14.1. The number of amides is 1. The van der Waals surface area contributed by atoms with Crippen molar-refractivity contribution in [3.63, 3.8) is 0 Å². The van der Waals surface area contributed by atoms with Gasteiger partial charge < -0.3 is 10.6 Å². The van der Waals surface area contributed by atoms with Crippen LogP contribution in [-0.2, 0) is 17.6 Å². The lowest BCUT2D eigenvalue weighted by atomic mass is 9.89. The Morgan fingerprint density at radius 3 is 2.74 bits per heavy atom. The van der Waals surface area contributed by atoms with Crippen molar-refractivity contribution < 1.29 is 4.79 Å². The third kappa shape index (κ3) is 3.80. The maximum atomic E-state index is 11.4. The maximum absolute atomic E-state index is 11.4. The van der Waals surface area contributed by atoms with Gasteiger partial charge in [-0.1, -0.05) is 18.2 Å². The number of hydrogen-bond acceptors (Lipinski definition) is 2. The van der Waals surface area contributed by atoms with Gasteiger partial charge >= 0.3 is 0 Å². The van der Waals surface area contributed by atoms with Gasteiger partial charge in [0.25, 0.3) is 0 Å². The molecule has 0 heterocycles. The molecule has 2 rings (SSSR count). The summed E-state index contributed by atoms with van der Waals surface area (Å²) in [4.78, 5) is 11.4. The topological polar surface area (TPSA) is 41.1 Å². The summed E-state index contributed by atoms with van der Waals surface area (Å²) < 4.78 is 0. The Labute approximate surface area is 115 Å². The van der Waals surface area contributed by atoms with E-state index in [1.807, 2.05) is 6.92 Å². The summed E-state index contributed by atoms with van der Waals surface area (Å²) in [5.41, 5.74) is 4.28. The standard InChI is InChI=1S/C16H24N2O/c1-3-17-16(19)11-18-12(2)14-9-8-13-6-4-5-7-15(13)10-14/h8-10,12,18H,3-7,11H2,1-2H3,(H,17,19). The average molecular weight is 260 g/mol. The molecule has 0 saturated carbocycles. The van der Waals surface area contributed by atoms with Crippen LogP contribution in [0.2, 0.25) is 0 Å². The van der Waals surface area contributed by atoms with Crippen molar-refractivity contribution in [1.29, 1.82) is 0 Å². The van der Waals surface area contributed by atoms with Crippen LogP contribution < -0.4 is 10.6 Å². The second kappa shape index (κ2) is 6.71. The third-order valence-electron chi connectivity index (χ3n) is 3.82. The summed E-state index contributed by atoms with van der Waals surface area (Å²) >= 11 is 0. The van der Waals surface area contributed by atoms with Crippen molar-refractivity contribution in [2.45, 2.75) is 45.6 Å². The number of hydrogen-bond donors (Lipinski definition) is 2. The Hall–Kier alpha value is -1.35. The molecule has 1 aromatic carbocycles. The molecule has 1 atom stereocenters. The first-order valence-electron chi connectivity index (χ1n) is 7.32. The summed E-state index contributed by atoms with van der Waals surface area (Å²) in [5, 5.41) is 6.08. The second-order valence-corrected chi connectivity index (χ2v) is 5.29. The molecule has 3 nitrogen and oxygen atoms in total. The fraction of sp³-hybridized carbons (Fsp3) is 0.562. The van der Waals surface area contributed by atoms with Crippen LogP contribution >= 0.6 is 0 Å². The highest BCUT2D eigenvalue weighted by atomic mass is 16.1. The van der Waals surface area contributed by atoms with Crippen LogP contribution in [0.5, 0.6) is 0 Å². The number of aryl methyl sites for hydroxylation is 2. The third-order valence-corrected chi connectivity index (χ3v) is 3.82. The molecule has 0 fully saturated rings. The normalized spacial score (nSPS) is 15.7. The highest BCUT2D eigenvalue weighted by molar-refractivity contribution is 5.77. The molecule has 2 N–H and O–H groups in total. The van der Waals surface area contributed by atoms with Crippen molar-refractivity contribution in [3.05, 3.63) is 34.9 Å². The fourth-order valence-corrected chi connectivity index (χ4v) is 2.65. The molecule has 0 spiro atoms. The van der Waals surface area contributed by atoms with Crippen molar-refractivity contribution in [2.24, 2.45) is 0 Å². The largest absolute Gasteiger partial charge is 0.355 e. The fourth-order valence-electron chi connectivity index (χ4n) is 2.65. The molecule has 0 saturated heterocycles. The molecule has 0 aliphatic heterocycles. The van der Waals surface area contributed by atoms with E-state index in [0.717, 1.165) is 0 Å². The highest BCUT2D eigenvalue weighted by Gasteiger charge is 2.12. The second-order valence-electron chi connectivity index (χ2n) is 5.29. The van der Waals surface area contributed by atoms with E-state index in [9.17, 15) is 4.79 Å².